The summed E-state index contributed by atoms with van der Waals surface area (Å²) in [5.74, 6) is -0.0815. The minimum atomic E-state index is -0.679. The van der Waals surface area contributed by atoms with Crippen LogP contribution in [-0.4, -0.2) is 51.9 Å². The average molecular weight is 490 g/mol. The second-order valence-corrected chi connectivity index (χ2v) is 10.6. The van der Waals surface area contributed by atoms with E-state index in [4.69, 9.17) is 0 Å². The van der Waals surface area contributed by atoms with Crippen LogP contribution in [0, 0.1) is 17.8 Å². The monoisotopic (exact) mass is 489 g/mol. The molecule has 2 amide bonds. The zero-order valence-electron chi connectivity index (χ0n) is 20.9. The number of aromatic amines is 1. The maximum atomic E-state index is 13.7. The van der Waals surface area contributed by atoms with Gasteiger partial charge in [0.2, 0.25) is 5.91 Å². The molecule has 5 unspecified atom stereocenters. The first-order valence-corrected chi connectivity index (χ1v) is 13.4. The fourth-order valence-electron chi connectivity index (χ4n) is 6.52. The molecule has 2 N–H and O–H groups in total. The smallest absolute Gasteiger partial charge is 0.270 e. The molecule has 2 aliphatic carbocycles. The summed E-state index contributed by atoms with van der Waals surface area (Å²) in [6.45, 7) is 2.33. The van der Waals surface area contributed by atoms with Crippen molar-refractivity contribution in [3.05, 3.63) is 48.3 Å². The van der Waals surface area contributed by atoms with Gasteiger partial charge in [-0.15, -0.1) is 0 Å². The molecule has 7 nitrogen and oxygen atoms in total. The molecule has 3 aliphatic rings. The zero-order valence-corrected chi connectivity index (χ0v) is 20.9. The van der Waals surface area contributed by atoms with E-state index in [-0.39, 0.29) is 35.2 Å². The average Bonchev–Trinajstić information content (AvgIpc) is 3.68. The van der Waals surface area contributed by atoms with Crippen molar-refractivity contribution < 1.29 is 19.2 Å². The van der Waals surface area contributed by atoms with Crippen LogP contribution in [0.15, 0.2) is 42.6 Å². The van der Waals surface area contributed by atoms with Gasteiger partial charge in [0.25, 0.3) is 5.91 Å². The number of benzene rings is 1. The zero-order chi connectivity index (χ0) is 25.2. The Hall–Kier alpha value is -3.22. The molecular formula is C29H35N3O4. The van der Waals surface area contributed by atoms with Crippen LogP contribution in [0.5, 0.6) is 0 Å². The van der Waals surface area contributed by atoms with Gasteiger partial charge in [-0.1, -0.05) is 43.7 Å². The first-order chi connectivity index (χ1) is 17.5. The summed E-state index contributed by atoms with van der Waals surface area (Å²) >= 11 is 0. The van der Waals surface area contributed by atoms with Crippen LogP contribution in [0.25, 0.3) is 11.1 Å². The molecule has 0 radical (unpaired) electrons. The number of ketones is 2. The van der Waals surface area contributed by atoms with E-state index in [1.54, 1.807) is 11.8 Å². The quantitative estimate of drug-likeness (QED) is 0.582. The minimum Gasteiger partial charge on any atom is -0.357 e. The Bertz CT molecular complexity index is 1140. The van der Waals surface area contributed by atoms with Crippen molar-refractivity contribution >= 4 is 23.4 Å². The molecule has 1 saturated heterocycles. The standard InChI is InChI=1S/C29H35N3O4/c1-2-25(33)23(14-19-10-7-13-26(19)34)31-28(35)27-22-12-6-11-20(22)17-32(27)29(36)24-15-21(16-30-24)18-8-4-3-5-9-18/h3-5,8-9,15-16,19-20,22-23,27,30H,2,6-7,10-14,17H2,1H3,(H,31,35). The van der Waals surface area contributed by atoms with Gasteiger partial charge in [-0.3, -0.25) is 19.2 Å². The van der Waals surface area contributed by atoms with Crippen molar-refractivity contribution in [2.45, 2.75) is 70.4 Å². The maximum Gasteiger partial charge on any atom is 0.270 e. The summed E-state index contributed by atoms with van der Waals surface area (Å²) in [7, 11) is 0. The van der Waals surface area contributed by atoms with Crippen molar-refractivity contribution in [1.82, 2.24) is 15.2 Å². The van der Waals surface area contributed by atoms with Crippen molar-refractivity contribution in [3.63, 3.8) is 0 Å². The van der Waals surface area contributed by atoms with Gasteiger partial charge in [-0.2, -0.15) is 0 Å². The van der Waals surface area contributed by atoms with Gasteiger partial charge in [0.15, 0.2) is 5.78 Å². The number of H-pyrrole nitrogens is 1. The molecule has 1 aromatic carbocycles. The molecule has 0 bridgehead atoms. The topological polar surface area (TPSA) is 99.3 Å². The van der Waals surface area contributed by atoms with E-state index in [0.717, 1.165) is 43.2 Å². The molecule has 2 aromatic rings. The molecule has 1 aliphatic heterocycles. The first-order valence-electron chi connectivity index (χ1n) is 13.4. The fourth-order valence-corrected chi connectivity index (χ4v) is 6.52. The summed E-state index contributed by atoms with van der Waals surface area (Å²) in [6.07, 6.45) is 7.63. The van der Waals surface area contributed by atoms with Crippen molar-refractivity contribution in [1.29, 1.82) is 0 Å². The summed E-state index contributed by atoms with van der Waals surface area (Å²) in [4.78, 5) is 57.1. The molecule has 5 rings (SSSR count). The summed E-state index contributed by atoms with van der Waals surface area (Å²) in [6, 6.07) is 10.4. The van der Waals surface area contributed by atoms with Gasteiger partial charge in [0, 0.05) is 31.5 Å². The predicted octanol–water partition coefficient (Wildman–Crippen LogP) is 4.15. The molecule has 190 valence electrons. The lowest BCUT2D eigenvalue weighted by molar-refractivity contribution is -0.131. The van der Waals surface area contributed by atoms with Crippen LogP contribution in [0.4, 0.5) is 0 Å². The van der Waals surface area contributed by atoms with Crippen LogP contribution in [-0.2, 0) is 14.4 Å². The number of carbonyl (C=O) groups excluding carboxylic acids is 4. The number of amides is 2. The Morgan fingerprint density at radius 1 is 1.08 bits per heavy atom. The van der Waals surface area contributed by atoms with E-state index in [0.29, 0.717) is 37.4 Å². The lowest BCUT2D eigenvalue weighted by Gasteiger charge is -2.29. The highest BCUT2D eigenvalue weighted by Gasteiger charge is 2.50. The van der Waals surface area contributed by atoms with Gasteiger partial charge in [0.1, 0.15) is 17.5 Å². The molecule has 1 aromatic heterocycles. The van der Waals surface area contributed by atoms with Gasteiger partial charge in [0.05, 0.1) is 6.04 Å². The van der Waals surface area contributed by atoms with Crippen molar-refractivity contribution in [2.75, 3.05) is 6.54 Å². The van der Waals surface area contributed by atoms with E-state index in [2.05, 4.69) is 10.3 Å². The number of rotatable bonds is 8. The molecule has 3 fully saturated rings. The number of likely N-dealkylation sites (tertiary alicyclic amines) is 1. The highest BCUT2D eigenvalue weighted by Crippen LogP contribution is 2.43. The lowest BCUT2D eigenvalue weighted by atomic mass is 9.91. The highest BCUT2D eigenvalue weighted by atomic mass is 16.2. The Morgan fingerprint density at radius 2 is 1.89 bits per heavy atom. The van der Waals surface area contributed by atoms with Crippen molar-refractivity contribution in [3.8, 4) is 11.1 Å². The van der Waals surface area contributed by atoms with Crippen molar-refractivity contribution in [2.24, 2.45) is 17.8 Å². The second-order valence-electron chi connectivity index (χ2n) is 10.6. The second kappa shape index (κ2) is 10.4. The summed E-state index contributed by atoms with van der Waals surface area (Å²) in [5.41, 5.74) is 2.40. The Balaban J connectivity index is 1.35. The molecule has 2 saturated carbocycles. The molecule has 7 heteroatoms. The Labute approximate surface area is 212 Å². The molecular weight excluding hydrogens is 454 g/mol. The molecule has 0 spiro atoms. The maximum absolute atomic E-state index is 13.7. The molecule has 5 atom stereocenters. The van der Waals surface area contributed by atoms with Crippen LogP contribution >= 0.6 is 0 Å². The first kappa shape index (κ1) is 24.5. The normalized spacial score (nSPS) is 26.1. The highest BCUT2D eigenvalue weighted by molar-refractivity contribution is 5.99. The number of aromatic nitrogens is 1. The summed E-state index contributed by atoms with van der Waals surface area (Å²) < 4.78 is 0. The third-order valence-electron chi connectivity index (χ3n) is 8.45. The van der Waals surface area contributed by atoms with E-state index < -0.39 is 12.1 Å². The minimum absolute atomic E-state index is 0.0567. The number of Topliss-reactive ketones (excluding diaryl/α,β-unsaturated/α-hetero) is 2. The van der Waals surface area contributed by atoms with Crippen LogP contribution in [0.1, 0.15) is 68.8 Å². The SMILES string of the molecule is CCC(=O)C(CC1CCCC1=O)NC(=O)C1C2CCCC2CN1C(=O)c1cc(-c2ccccc2)c[nH]1. The number of nitrogens with zero attached hydrogens (tertiary/aromatic N) is 1. The largest absolute Gasteiger partial charge is 0.357 e. The number of hydrogen-bond acceptors (Lipinski definition) is 4. The predicted molar refractivity (Wildman–Crippen MR) is 136 cm³/mol. The van der Waals surface area contributed by atoms with E-state index in [9.17, 15) is 19.2 Å². The van der Waals surface area contributed by atoms with Gasteiger partial charge < -0.3 is 15.2 Å². The van der Waals surface area contributed by atoms with Gasteiger partial charge >= 0.3 is 0 Å². The summed E-state index contributed by atoms with van der Waals surface area (Å²) in [5, 5.41) is 2.99. The molecule has 36 heavy (non-hydrogen) atoms. The Morgan fingerprint density at radius 3 is 2.61 bits per heavy atom. The molecule has 2 heterocycles. The fraction of sp³-hybridized carbons (Fsp3) is 0.517. The van der Waals surface area contributed by atoms with Gasteiger partial charge in [-0.05, 0) is 61.1 Å². The van der Waals surface area contributed by atoms with E-state index >= 15 is 0 Å². The van der Waals surface area contributed by atoms with Crippen LogP contribution < -0.4 is 5.32 Å². The number of carbonyl (C=O) groups is 4. The third kappa shape index (κ3) is 4.75. The van der Waals surface area contributed by atoms with Crippen LogP contribution in [0.3, 0.4) is 0 Å². The van der Waals surface area contributed by atoms with Gasteiger partial charge in [-0.25, -0.2) is 0 Å². The Kier molecular flexibility index (Phi) is 7.08. The van der Waals surface area contributed by atoms with E-state index in [1.165, 1.54) is 0 Å². The third-order valence-corrected chi connectivity index (χ3v) is 8.45. The number of fused-ring (bicyclic) bond motifs is 1. The lowest BCUT2D eigenvalue weighted by Crippen LogP contribution is -2.53. The van der Waals surface area contributed by atoms with E-state index in [1.807, 2.05) is 42.6 Å². The number of hydrogen-bond donors (Lipinski definition) is 2. The van der Waals surface area contributed by atoms with Crippen LogP contribution in [0.2, 0.25) is 0 Å². The number of nitrogens with one attached hydrogen (secondary N) is 2.